The molecule has 9 heteroatoms. The lowest BCUT2D eigenvalue weighted by molar-refractivity contribution is -0.518. The minimum atomic E-state index is -4.09. The van der Waals surface area contributed by atoms with Crippen LogP contribution in [0.5, 0.6) is 0 Å². The second kappa shape index (κ2) is 5.41. The molecule has 1 fully saturated rings. The highest BCUT2D eigenvalue weighted by molar-refractivity contribution is 7.89. The van der Waals surface area contributed by atoms with Crippen molar-refractivity contribution in [3.63, 3.8) is 0 Å². The normalized spacial score (nSPS) is 16.1. The predicted molar refractivity (Wildman–Crippen MR) is 68.8 cm³/mol. The highest BCUT2D eigenvalue weighted by atomic mass is 32.2. The lowest BCUT2D eigenvalue weighted by atomic mass is 10.2. The van der Waals surface area contributed by atoms with Gasteiger partial charge >= 0.3 is 10.0 Å². The zero-order valence-electron chi connectivity index (χ0n) is 10.1. The van der Waals surface area contributed by atoms with Crippen LogP contribution in [0.25, 0.3) is 0 Å². The molecule has 0 aliphatic carbocycles. The van der Waals surface area contributed by atoms with Crippen molar-refractivity contribution in [1.82, 2.24) is 10.1 Å². The number of piperazine rings is 1. The molecule has 1 aliphatic heterocycles. The molecule has 1 saturated heterocycles. The molecule has 1 aromatic carbocycles. The standard InChI is InChI=1S/C10H14N4O4S/c15-14(16)12-19(17,18)10-3-1-9(2-4-10)13-7-5-11-6-8-13/h1-4,11-12H,5-8H2. The first-order chi connectivity index (χ1) is 8.99. The Bertz CT molecular complexity index is 551. The van der Waals surface area contributed by atoms with E-state index in [0.29, 0.717) is 0 Å². The van der Waals surface area contributed by atoms with Crippen LogP contribution in [0.2, 0.25) is 0 Å². The van der Waals surface area contributed by atoms with E-state index in [1.165, 1.54) is 17.0 Å². The van der Waals surface area contributed by atoms with Crippen molar-refractivity contribution in [1.29, 1.82) is 0 Å². The van der Waals surface area contributed by atoms with Gasteiger partial charge in [0.15, 0.2) is 5.03 Å². The van der Waals surface area contributed by atoms with E-state index in [9.17, 15) is 18.5 Å². The maximum absolute atomic E-state index is 11.6. The summed E-state index contributed by atoms with van der Waals surface area (Å²) in [7, 11) is -4.09. The molecule has 0 bridgehead atoms. The van der Waals surface area contributed by atoms with E-state index in [2.05, 4.69) is 10.2 Å². The lowest BCUT2D eigenvalue weighted by Crippen LogP contribution is -2.43. The Kier molecular flexibility index (Phi) is 3.86. The van der Waals surface area contributed by atoms with E-state index >= 15 is 0 Å². The number of nitrogens with zero attached hydrogens (tertiary/aromatic N) is 2. The Morgan fingerprint density at radius 2 is 1.79 bits per heavy atom. The number of nitro groups is 1. The predicted octanol–water partition coefficient (Wildman–Crippen LogP) is -0.434. The van der Waals surface area contributed by atoms with Crippen molar-refractivity contribution in [2.75, 3.05) is 31.1 Å². The fourth-order valence-electron chi connectivity index (χ4n) is 1.91. The molecule has 0 spiro atoms. The van der Waals surface area contributed by atoms with Gasteiger partial charge in [-0.2, -0.15) is 8.42 Å². The number of hydrogen-bond acceptors (Lipinski definition) is 6. The van der Waals surface area contributed by atoms with Gasteiger partial charge in [-0.3, -0.25) is 0 Å². The van der Waals surface area contributed by atoms with Crippen LogP contribution in [-0.2, 0) is 10.0 Å². The summed E-state index contributed by atoms with van der Waals surface area (Å²) in [4.78, 5) is 13.5. The molecule has 8 nitrogen and oxygen atoms in total. The summed E-state index contributed by atoms with van der Waals surface area (Å²) in [5.74, 6) is 0. The number of anilines is 1. The van der Waals surface area contributed by atoms with Gasteiger partial charge in [0.25, 0.3) is 0 Å². The molecule has 1 heterocycles. The smallest absolute Gasteiger partial charge is 0.311 e. The van der Waals surface area contributed by atoms with Crippen molar-refractivity contribution in [3.8, 4) is 0 Å². The molecule has 0 saturated carbocycles. The first-order valence-corrected chi connectivity index (χ1v) is 7.20. The summed E-state index contributed by atoms with van der Waals surface area (Å²) in [6.07, 6.45) is 0. The first-order valence-electron chi connectivity index (χ1n) is 5.71. The topological polar surface area (TPSA) is 105 Å². The van der Waals surface area contributed by atoms with Gasteiger partial charge in [-0.15, -0.1) is 0 Å². The first kappa shape index (κ1) is 13.6. The Balaban J connectivity index is 2.16. The Morgan fingerprint density at radius 3 is 2.32 bits per heavy atom. The van der Waals surface area contributed by atoms with E-state index in [1.807, 2.05) is 0 Å². The van der Waals surface area contributed by atoms with Gasteiger partial charge < -0.3 is 10.2 Å². The molecule has 2 N–H and O–H groups in total. The Morgan fingerprint density at radius 1 is 1.21 bits per heavy atom. The van der Waals surface area contributed by atoms with Crippen LogP contribution in [0.1, 0.15) is 0 Å². The van der Waals surface area contributed by atoms with E-state index in [0.717, 1.165) is 31.9 Å². The zero-order valence-corrected chi connectivity index (χ0v) is 10.9. The molecule has 1 aromatic rings. The van der Waals surface area contributed by atoms with Gasteiger partial charge in [0, 0.05) is 31.9 Å². The van der Waals surface area contributed by atoms with Gasteiger partial charge in [-0.05, 0) is 29.1 Å². The van der Waals surface area contributed by atoms with E-state index in [4.69, 9.17) is 0 Å². The molecule has 2 rings (SSSR count). The van der Waals surface area contributed by atoms with Crippen LogP contribution in [0, 0.1) is 10.1 Å². The number of hydrazine groups is 1. The summed E-state index contributed by atoms with van der Waals surface area (Å²) in [6, 6.07) is 6.03. The fraction of sp³-hybridized carbons (Fsp3) is 0.400. The number of benzene rings is 1. The Labute approximate surface area is 110 Å². The maximum atomic E-state index is 11.6. The van der Waals surface area contributed by atoms with E-state index < -0.39 is 15.1 Å². The van der Waals surface area contributed by atoms with Crippen molar-refractivity contribution in [3.05, 3.63) is 34.4 Å². The van der Waals surface area contributed by atoms with Crippen LogP contribution in [0.3, 0.4) is 0 Å². The average Bonchev–Trinajstić information content (AvgIpc) is 2.38. The van der Waals surface area contributed by atoms with Gasteiger partial charge in [0.1, 0.15) is 0 Å². The van der Waals surface area contributed by atoms with Crippen LogP contribution in [0.4, 0.5) is 5.69 Å². The van der Waals surface area contributed by atoms with Gasteiger partial charge in [-0.1, -0.05) is 0 Å². The lowest BCUT2D eigenvalue weighted by Gasteiger charge is -2.29. The van der Waals surface area contributed by atoms with Crippen LogP contribution >= 0.6 is 0 Å². The number of rotatable bonds is 4. The van der Waals surface area contributed by atoms with Gasteiger partial charge in [-0.25, -0.2) is 10.1 Å². The quantitative estimate of drug-likeness (QED) is 0.574. The summed E-state index contributed by atoms with van der Waals surface area (Å²) < 4.78 is 23.1. The van der Waals surface area contributed by atoms with Gasteiger partial charge in [0.2, 0.25) is 0 Å². The minimum Gasteiger partial charge on any atom is -0.369 e. The van der Waals surface area contributed by atoms with E-state index in [-0.39, 0.29) is 4.90 Å². The van der Waals surface area contributed by atoms with Gasteiger partial charge in [0.05, 0.1) is 4.90 Å². The SMILES string of the molecule is O=[N+]([O-])NS(=O)(=O)c1ccc(N2CCNCC2)cc1. The molecule has 1 aliphatic rings. The number of sulfonamides is 1. The maximum Gasteiger partial charge on any atom is 0.311 e. The molecule has 0 radical (unpaired) electrons. The Hall–Kier alpha value is -1.87. The third-order valence-corrected chi connectivity index (χ3v) is 4.11. The molecule has 104 valence electrons. The summed E-state index contributed by atoms with van der Waals surface area (Å²) in [6.45, 7) is 3.45. The van der Waals surface area contributed by atoms with Crippen molar-refractivity contribution >= 4 is 15.7 Å². The third-order valence-electron chi connectivity index (χ3n) is 2.82. The summed E-state index contributed by atoms with van der Waals surface area (Å²) >= 11 is 0. The fourth-order valence-corrected chi connectivity index (χ4v) is 2.71. The van der Waals surface area contributed by atoms with E-state index in [1.54, 1.807) is 12.1 Å². The van der Waals surface area contributed by atoms with Crippen molar-refractivity contribution < 1.29 is 13.5 Å². The number of nitrogens with one attached hydrogen (secondary N) is 2. The third kappa shape index (κ3) is 3.32. The van der Waals surface area contributed by atoms with Crippen molar-refractivity contribution in [2.45, 2.75) is 4.90 Å². The zero-order chi connectivity index (χ0) is 13.9. The molecular weight excluding hydrogens is 272 g/mol. The van der Waals surface area contributed by atoms with Crippen LogP contribution in [-0.4, -0.2) is 39.6 Å². The summed E-state index contributed by atoms with van der Waals surface area (Å²) in [5.41, 5.74) is 0.904. The average molecular weight is 286 g/mol. The molecule has 0 atom stereocenters. The van der Waals surface area contributed by atoms with Crippen molar-refractivity contribution in [2.24, 2.45) is 0 Å². The highest BCUT2D eigenvalue weighted by Gasteiger charge is 2.19. The van der Waals surface area contributed by atoms with Crippen LogP contribution in [0.15, 0.2) is 29.2 Å². The number of hydrogen-bond donors (Lipinski definition) is 2. The minimum absolute atomic E-state index is 0.122. The molecule has 19 heavy (non-hydrogen) atoms. The molecule has 0 unspecified atom stereocenters. The second-order valence-electron chi connectivity index (χ2n) is 4.08. The monoisotopic (exact) mass is 286 g/mol. The molecule has 0 aromatic heterocycles. The second-order valence-corrected chi connectivity index (χ2v) is 5.74. The largest absolute Gasteiger partial charge is 0.369 e. The highest BCUT2D eigenvalue weighted by Crippen LogP contribution is 2.18. The molecular formula is C10H14N4O4S. The molecule has 0 amide bonds. The summed E-state index contributed by atoms with van der Waals surface area (Å²) in [5, 5.41) is 12.3. The van der Waals surface area contributed by atoms with Crippen LogP contribution < -0.4 is 15.0 Å².